The van der Waals surface area contributed by atoms with Crippen LogP contribution in [0.4, 0.5) is 0 Å². The van der Waals surface area contributed by atoms with Crippen molar-refractivity contribution in [2.24, 2.45) is 47.3 Å². The van der Waals surface area contributed by atoms with Crippen molar-refractivity contribution in [3.8, 4) is 5.75 Å². The maximum Gasteiger partial charge on any atom is 0.325 e. The van der Waals surface area contributed by atoms with E-state index >= 15 is 0 Å². The molecule has 17 atom stereocenters. The molecule has 0 radical (unpaired) electrons. The largest absolute Gasteiger partial charge is 0.508 e. The van der Waals surface area contributed by atoms with Crippen LogP contribution < -0.4 is 21.4 Å². The van der Waals surface area contributed by atoms with E-state index in [4.69, 9.17) is 9.47 Å². The van der Waals surface area contributed by atoms with E-state index in [0.29, 0.717) is 49.7 Å². The topological polar surface area (TPSA) is 273 Å². The van der Waals surface area contributed by atoms with Gasteiger partial charge in [-0.2, -0.15) is 0 Å². The predicted octanol–water partition coefficient (Wildman–Crippen LogP) is 5.41. The Morgan fingerprint density at radius 1 is 0.949 bits per heavy atom. The fraction of sp³-hybridized carbons (Fsp3) is 0.667. The molecule has 5 rings (SSSR count). The number of rotatable bonds is 15. The second-order valence-electron chi connectivity index (χ2n) is 23.2. The van der Waals surface area contributed by atoms with Gasteiger partial charge in [0.15, 0.2) is 0 Å². The quantitative estimate of drug-likeness (QED) is 0.0786. The molecule has 9 N–H and O–H groups in total. The monoisotopic (exact) mass is 1090 g/mol. The number of amides is 4. The maximum atomic E-state index is 14.5. The van der Waals surface area contributed by atoms with Gasteiger partial charge in [0.25, 0.3) is 5.91 Å². The molecule has 4 aliphatic heterocycles. The molecule has 4 heterocycles. The Labute approximate surface area is 461 Å². The summed E-state index contributed by atoms with van der Waals surface area (Å²) in [7, 11) is 0. The van der Waals surface area contributed by atoms with Crippen LogP contribution in [0.3, 0.4) is 0 Å². The summed E-state index contributed by atoms with van der Waals surface area (Å²) >= 11 is 0. The highest BCUT2D eigenvalue weighted by atomic mass is 16.5. The summed E-state index contributed by atoms with van der Waals surface area (Å²) in [6.07, 6.45) is 10.6. The summed E-state index contributed by atoms with van der Waals surface area (Å²) in [6, 6.07) is 2.90. The number of cyclic esters (lactones) is 1. The van der Waals surface area contributed by atoms with E-state index in [1.165, 1.54) is 30.1 Å². The van der Waals surface area contributed by atoms with Crippen molar-refractivity contribution in [1.29, 1.82) is 0 Å². The molecule has 0 saturated carbocycles. The first-order chi connectivity index (χ1) is 36.9. The summed E-state index contributed by atoms with van der Waals surface area (Å²) in [5.41, 5.74) is 3.27. The summed E-state index contributed by atoms with van der Waals surface area (Å²) < 4.78 is 12.9. The van der Waals surface area contributed by atoms with E-state index in [0.717, 1.165) is 6.42 Å². The average molecular weight is 1090 g/mol. The van der Waals surface area contributed by atoms with Crippen LogP contribution in [0.15, 0.2) is 72.4 Å². The lowest BCUT2D eigenvalue weighted by atomic mass is 9.69. The van der Waals surface area contributed by atoms with Crippen LogP contribution in [0.5, 0.6) is 5.75 Å². The van der Waals surface area contributed by atoms with Crippen molar-refractivity contribution in [2.75, 3.05) is 6.54 Å². The van der Waals surface area contributed by atoms with Gasteiger partial charge in [-0.15, -0.1) is 0 Å². The SMILES string of the molecule is CC[C@H]1C[C@H](C)C2(NC1=O)O[C@@H](C[C@H](O)[C@@H](C)CC/C=C/C=C(\C)[C@@H]1C/C=C/C=C/[C@H](O)[C@H](C)[C@@H](O)[C@@H](CCC(C)=O)C(=O)N[C@@H](C(C)C)C(=O)NC(Cc3cccc(O)c3)C(=O)N3CCC[C@H](N3)C(=O)O1)[C@H](C)[C@H](O)[C@@H]2C. The Kier molecular flexibility index (Phi) is 23.9. The van der Waals surface area contributed by atoms with Crippen LogP contribution >= 0.6 is 0 Å². The number of allylic oxidation sites excluding steroid dienone is 5. The number of esters is 1. The number of hydrogen-bond donors (Lipinski definition) is 9. The molecule has 18 heteroatoms. The van der Waals surface area contributed by atoms with Gasteiger partial charge in [0.1, 0.15) is 41.5 Å². The molecule has 0 aromatic heterocycles. The molecule has 1 spiro atoms. The lowest BCUT2D eigenvalue weighted by Crippen LogP contribution is -2.71. The number of nitrogens with zero attached hydrogens (tertiary/aromatic N) is 1. The molecule has 78 heavy (non-hydrogen) atoms. The molecule has 2 bridgehead atoms. The summed E-state index contributed by atoms with van der Waals surface area (Å²) in [6.45, 7) is 18.3. The van der Waals surface area contributed by atoms with Crippen molar-refractivity contribution in [3.63, 3.8) is 0 Å². The number of aromatic hydroxyl groups is 1. The molecule has 4 aliphatic rings. The van der Waals surface area contributed by atoms with Gasteiger partial charge in [-0.05, 0) is 93.9 Å². The number of nitrogens with one attached hydrogen (secondary N) is 4. The minimum Gasteiger partial charge on any atom is -0.508 e. The number of ketones is 1. The summed E-state index contributed by atoms with van der Waals surface area (Å²) in [5.74, 6) is -6.33. The highest BCUT2D eigenvalue weighted by molar-refractivity contribution is 5.93. The number of phenolic OH excluding ortho intramolecular Hbond substituents is 1. The fourth-order valence-corrected chi connectivity index (χ4v) is 11.3. The molecule has 3 saturated heterocycles. The molecule has 4 amide bonds. The predicted molar refractivity (Wildman–Crippen MR) is 295 cm³/mol. The molecular weight excluding hydrogens is 999 g/mol. The van der Waals surface area contributed by atoms with Gasteiger partial charge in [0.2, 0.25) is 17.7 Å². The molecule has 1 aromatic rings. The molecule has 0 aliphatic carbocycles. The van der Waals surface area contributed by atoms with Crippen molar-refractivity contribution >= 4 is 35.4 Å². The van der Waals surface area contributed by atoms with Gasteiger partial charge < -0.3 is 55.8 Å². The van der Waals surface area contributed by atoms with E-state index in [-0.39, 0.29) is 79.3 Å². The van der Waals surface area contributed by atoms with Gasteiger partial charge in [-0.3, -0.25) is 29.0 Å². The highest BCUT2D eigenvalue weighted by Crippen LogP contribution is 2.46. The van der Waals surface area contributed by atoms with Crippen molar-refractivity contribution in [1.82, 2.24) is 26.4 Å². The highest BCUT2D eigenvalue weighted by Gasteiger charge is 2.57. The molecular formula is C60H91N5O13. The number of hydrazine groups is 1. The number of benzene rings is 1. The van der Waals surface area contributed by atoms with E-state index < -0.39 is 102 Å². The fourth-order valence-electron chi connectivity index (χ4n) is 11.3. The first-order valence-electron chi connectivity index (χ1n) is 28.4. The number of ether oxygens (including phenoxy) is 2. The minimum absolute atomic E-state index is 0.0254. The van der Waals surface area contributed by atoms with Crippen molar-refractivity contribution in [2.45, 2.75) is 200 Å². The Hall–Kier alpha value is -5.24. The summed E-state index contributed by atoms with van der Waals surface area (Å²) in [5, 5.41) is 66.1. The van der Waals surface area contributed by atoms with Crippen molar-refractivity contribution in [3.05, 3.63) is 77.9 Å². The Bertz CT molecular complexity index is 2340. The smallest absolute Gasteiger partial charge is 0.325 e. The van der Waals surface area contributed by atoms with Gasteiger partial charge in [-0.1, -0.05) is 110 Å². The molecule has 1 aromatic carbocycles. The zero-order chi connectivity index (χ0) is 57.6. The second-order valence-corrected chi connectivity index (χ2v) is 23.2. The maximum absolute atomic E-state index is 14.5. The van der Waals surface area contributed by atoms with E-state index in [1.54, 1.807) is 51.1 Å². The third-order valence-corrected chi connectivity index (χ3v) is 16.9. The average Bonchev–Trinajstić information content (AvgIpc) is 3.51. The second kappa shape index (κ2) is 29.3. The summed E-state index contributed by atoms with van der Waals surface area (Å²) in [4.78, 5) is 82.2. The van der Waals surface area contributed by atoms with Crippen LogP contribution in [-0.4, -0.2) is 133 Å². The molecule has 2 unspecified atom stereocenters. The zero-order valence-electron chi connectivity index (χ0n) is 47.6. The van der Waals surface area contributed by atoms with Gasteiger partial charge in [0, 0.05) is 61.8 Å². The third kappa shape index (κ3) is 16.7. The number of carbonyl (C=O) groups excluding carboxylic acids is 6. The van der Waals surface area contributed by atoms with E-state index in [1.807, 2.05) is 52.8 Å². The number of hydrogen-bond acceptors (Lipinski definition) is 14. The number of fused-ring (bicyclic) bond motifs is 2. The first kappa shape index (κ1) is 63.6. The normalized spacial score (nSPS) is 34.9. The van der Waals surface area contributed by atoms with Crippen LogP contribution in [0.25, 0.3) is 0 Å². The number of aliphatic hydroxyl groups excluding tert-OH is 4. The van der Waals surface area contributed by atoms with Gasteiger partial charge in [-0.25, -0.2) is 5.43 Å². The molecule has 18 nitrogen and oxygen atoms in total. The standard InChI is InChI=1S/C60H91N5O13/c1-11-43-30-37(6)60(63-55(43)72)41(10)53(70)40(9)51(78-60)33-49(69)35(4)20-14-12-15-21-36(5)50-26-17-13-16-25-48(68)39(8)54(71)45(28-27-38(7)66)56(73)62-52(34(2)3)57(74)61-47(32-42-22-18-23-44(67)31-42)58(75)65-29-19-24-46(64-65)59(76)77-50/h12-13,15-18,21-23,25,31,34-35,37,39-41,43,45-54,64,67-71H,11,14,19-20,24,26-30,32-33H2,1-10H3,(H,61,74)(H,62,73)(H,63,72)/b15-12+,17-13+,25-16+,36-21+/t35-,37-,39-,40-,41-,43-,45+,46-,47?,48-,49-,50-,51-,52-,53-,54+,60?/m0/s1. The first-order valence-corrected chi connectivity index (χ1v) is 28.4. The Balaban J connectivity index is 1.35. The van der Waals surface area contributed by atoms with Crippen LogP contribution in [0.2, 0.25) is 0 Å². The number of Topliss-reactive ketones (excluding diaryl/α,β-unsaturated/α-hetero) is 1. The third-order valence-electron chi connectivity index (χ3n) is 16.9. The number of phenols is 1. The number of carbonyl (C=O) groups is 6. The Morgan fingerprint density at radius 3 is 2.36 bits per heavy atom. The number of piperidine rings is 1. The Morgan fingerprint density at radius 2 is 1.68 bits per heavy atom. The van der Waals surface area contributed by atoms with Crippen LogP contribution in [0.1, 0.15) is 139 Å². The lowest BCUT2D eigenvalue weighted by Gasteiger charge is -2.56. The van der Waals surface area contributed by atoms with E-state index in [9.17, 15) is 54.3 Å². The zero-order valence-corrected chi connectivity index (χ0v) is 47.6. The van der Waals surface area contributed by atoms with Gasteiger partial charge >= 0.3 is 5.97 Å². The van der Waals surface area contributed by atoms with E-state index in [2.05, 4.69) is 28.3 Å². The number of aliphatic hydroxyl groups is 4. The van der Waals surface area contributed by atoms with Gasteiger partial charge in [0.05, 0.1) is 36.4 Å². The lowest BCUT2D eigenvalue weighted by molar-refractivity contribution is -0.267. The molecule has 434 valence electrons. The minimum atomic E-state index is -1.43. The molecule has 3 fully saturated rings. The van der Waals surface area contributed by atoms with Crippen LogP contribution in [-0.2, 0) is 44.7 Å². The van der Waals surface area contributed by atoms with Crippen molar-refractivity contribution < 1.29 is 63.8 Å². The van der Waals surface area contributed by atoms with Crippen LogP contribution in [0, 0.1) is 47.3 Å².